The largest absolute Gasteiger partial charge is 0.378 e. The maximum Gasteiger partial charge on any atom is 0.329 e. The molecule has 0 bridgehead atoms. The second-order valence-electron chi connectivity index (χ2n) is 5.39. The highest BCUT2D eigenvalue weighted by Gasteiger charge is 2.23. The number of nitrogens with two attached hydrogens (primary N) is 1. The summed E-state index contributed by atoms with van der Waals surface area (Å²) in [4.78, 5) is 20.1. The molecule has 0 saturated heterocycles. The quantitative estimate of drug-likeness (QED) is 0.665. The molecule has 0 unspecified atom stereocenters. The van der Waals surface area contributed by atoms with Gasteiger partial charge in [-0.3, -0.25) is 10.1 Å². The topological polar surface area (TPSA) is 98.2 Å². The number of hydrogen-bond acceptors (Lipinski definition) is 6. The number of aromatic nitrogens is 2. The van der Waals surface area contributed by atoms with E-state index < -0.39 is 4.92 Å². The van der Waals surface area contributed by atoms with Crippen LogP contribution in [-0.4, -0.2) is 28.0 Å². The summed E-state index contributed by atoms with van der Waals surface area (Å²) in [6, 6.07) is 7.70. The predicted octanol–water partition coefficient (Wildman–Crippen LogP) is 3.25. The van der Waals surface area contributed by atoms with E-state index in [2.05, 4.69) is 16.9 Å². The van der Waals surface area contributed by atoms with Crippen LogP contribution in [0.4, 0.5) is 17.5 Å². The van der Waals surface area contributed by atoms with Crippen LogP contribution in [0.5, 0.6) is 0 Å². The average molecular weight is 336 g/mol. The SMILES string of the molecule is C[C@H](c1ccc(Cl)cc1)[C@H](C)N(C)c1ncc([N+](=O)[O-])c(N)n1. The maximum atomic E-state index is 10.8. The fourth-order valence-electron chi connectivity index (χ4n) is 2.25. The van der Waals surface area contributed by atoms with Crippen molar-refractivity contribution in [3.63, 3.8) is 0 Å². The molecular formula is C15H18ClN5O2. The molecule has 1 heterocycles. The summed E-state index contributed by atoms with van der Waals surface area (Å²) in [6.45, 7) is 4.11. The molecular weight excluding hydrogens is 318 g/mol. The van der Waals surface area contributed by atoms with E-state index in [-0.39, 0.29) is 23.5 Å². The molecule has 1 aromatic heterocycles. The van der Waals surface area contributed by atoms with Crippen LogP contribution in [0.15, 0.2) is 30.5 Å². The number of rotatable bonds is 5. The van der Waals surface area contributed by atoms with Crippen molar-refractivity contribution in [2.75, 3.05) is 17.7 Å². The Kier molecular flexibility index (Phi) is 5.00. The zero-order valence-electron chi connectivity index (χ0n) is 13.1. The Morgan fingerprint density at radius 3 is 2.43 bits per heavy atom. The van der Waals surface area contributed by atoms with E-state index in [1.165, 1.54) is 0 Å². The van der Waals surface area contributed by atoms with Gasteiger partial charge in [-0.15, -0.1) is 0 Å². The van der Waals surface area contributed by atoms with Crippen molar-refractivity contribution in [2.24, 2.45) is 0 Å². The zero-order chi connectivity index (χ0) is 17.1. The molecule has 0 spiro atoms. The zero-order valence-corrected chi connectivity index (χ0v) is 13.9. The summed E-state index contributed by atoms with van der Waals surface area (Å²) < 4.78 is 0. The smallest absolute Gasteiger partial charge is 0.329 e. The van der Waals surface area contributed by atoms with Crippen LogP contribution >= 0.6 is 11.6 Å². The van der Waals surface area contributed by atoms with Gasteiger partial charge in [-0.2, -0.15) is 4.98 Å². The van der Waals surface area contributed by atoms with Gasteiger partial charge in [-0.1, -0.05) is 30.7 Å². The van der Waals surface area contributed by atoms with E-state index in [1.807, 2.05) is 43.1 Å². The Hall–Kier alpha value is -2.41. The van der Waals surface area contributed by atoms with Crippen LogP contribution < -0.4 is 10.6 Å². The van der Waals surface area contributed by atoms with Crippen LogP contribution in [0, 0.1) is 10.1 Å². The minimum Gasteiger partial charge on any atom is -0.378 e. The Morgan fingerprint density at radius 1 is 1.30 bits per heavy atom. The van der Waals surface area contributed by atoms with Gasteiger partial charge < -0.3 is 10.6 Å². The van der Waals surface area contributed by atoms with Gasteiger partial charge in [0.05, 0.1) is 4.92 Å². The number of nitrogens with zero attached hydrogens (tertiary/aromatic N) is 4. The predicted molar refractivity (Wildman–Crippen MR) is 90.8 cm³/mol. The second kappa shape index (κ2) is 6.78. The van der Waals surface area contributed by atoms with Gasteiger partial charge in [0.15, 0.2) is 0 Å². The number of nitro groups is 1. The number of benzene rings is 1. The molecule has 2 rings (SSSR count). The third-order valence-corrected chi connectivity index (χ3v) is 4.28. The van der Waals surface area contributed by atoms with Gasteiger partial charge in [0, 0.05) is 24.0 Å². The molecule has 7 nitrogen and oxygen atoms in total. The van der Waals surface area contributed by atoms with Crippen molar-refractivity contribution in [1.82, 2.24) is 9.97 Å². The van der Waals surface area contributed by atoms with Crippen LogP contribution in [-0.2, 0) is 0 Å². The molecule has 0 saturated carbocycles. The van der Waals surface area contributed by atoms with Crippen molar-refractivity contribution in [1.29, 1.82) is 0 Å². The number of hydrogen-bond donors (Lipinski definition) is 1. The standard InChI is InChI=1S/C15H18ClN5O2/c1-9(11-4-6-12(16)7-5-11)10(2)20(3)15-18-8-13(21(22)23)14(17)19-15/h4-10H,1-3H3,(H2,17,18,19)/t9-,10-/m0/s1. The molecule has 0 amide bonds. The fraction of sp³-hybridized carbons (Fsp3) is 0.333. The molecule has 2 N–H and O–H groups in total. The Morgan fingerprint density at radius 2 is 1.91 bits per heavy atom. The molecule has 0 aliphatic heterocycles. The minimum absolute atomic E-state index is 0.0528. The molecule has 23 heavy (non-hydrogen) atoms. The molecule has 1 aromatic carbocycles. The van der Waals surface area contributed by atoms with Gasteiger partial charge in [-0.25, -0.2) is 4.98 Å². The van der Waals surface area contributed by atoms with Gasteiger partial charge in [0.25, 0.3) is 0 Å². The first kappa shape index (κ1) is 17.0. The van der Waals surface area contributed by atoms with Gasteiger partial charge in [0.2, 0.25) is 11.8 Å². The third kappa shape index (κ3) is 3.68. The first-order valence-corrected chi connectivity index (χ1v) is 7.44. The third-order valence-electron chi connectivity index (χ3n) is 4.03. The lowest BCUT2D eigenvalue weighted by molar-refractivity contribution is -0.384. The van der Waals surface area contributed by atoms with E-state index in [1.54, 1.807) is 0 Å². The second-order valence-corrected chi connectivity index (χ2v) is 5.83. The van der Waals surface area contributed by atoms with Gasteiger partial charge in [0.1, 0.15) is 6.20 Å². The molecule has 0 fully saturated rings. The molecule has 122 valence electrons. The summed E-state index contributed by atoms with van der Waals surface area (Å²) in [5, 5.41) is 11.5. The summed E-state index contributed by atoms with van der Waals surface area (Å²) >= 11 is 5.91. The fourth-order valence-corrected chi connectivity index (χ4v) is 2.38. The first-order valence-electron chi connectivity index (χ1n) is 7.06. The molecule has 2 aromatic rings. The average Bonchev–Trinajstić information content (AvgIpc) is 2.53. The van der Waals surface area contributed by atoms with Crippen molar-refractivity contribution < 1.29 is 4.92 Å². The first-order chi connectivity index (χ1) is 10.8. The van der Waals surface area contributed by atoms with Crippen LogP contribution in [0.2, 0.25) is 5.02 Å². The summed E-state index contributed by atoms with van der Waals surface area (Å²) in [5.41, 5.74) is 6.47. The van der Waals surface area contributed by atoms with E-state index in [9.17, 15) is 10.1 Å². The van der Waals surface area contributed by atoms with Crippen molar-refractivity contribution >= 4 is 29.1 Å². The molecule has 0 aliphatic carbocycles. The highest BCUT2D eigenvalue weighted by Crippen LogP contribution is 2.27. The Bertz CT molecular complexity index is 708. The molecule has 2 atom stereocenters. The Balaban J connectivity index is 2.21. The summed E-state index contributed by atoms with van der Waals surface area (Å²) in [7, 11) is 1.83. The number of anilines is 2. The van der Waals surface area contributed by atoms with Crippen LogP contribution in [0.3, 0.4) is 0 Å². The lowest BCUT2D eigenvalue weighted by Crippen LogP contribution is -2.34. The van der Waals surface area contributed by atoms with Gasteiger partial charge in [-0.05, 0) is 24.6 Å². The van der Waals surface area contributed by atoms with Crippen LogP contribution in [0.1, 0.15) is 25.3 Å². The van der Waals surface area contributed by atoms with Crippen molar-refractivity contribution in [3.05, 3.63) is 51.2 Å². The highest BCUT2D eigenvalue weighted by atomic mass is 35.5. The number of nitrogen functional groups attached to an aromatic ring is 1. The van der Waals surface area contributed by atoms with E-state index in [4.69, 9.17) is 17.3 Å². The van der Waals surface area contributed by atoms with Crippen LogP contribution in [0.25, 0.3) is 0 Å². The molecule has 8 heteroatoms. The van der Waals surface area contributed by atoms with E-state index >= 15 is 0 Å². The van der Waals surface area contributed by atoms with E-state index in [0.717, 1.165) is 11.8 Å². The summed E-state index contributed by atoms with van der Waals surface area (Å²) in [6.07, 6.45) is 1.13. The van der Waals surface area contributed by atoms with E-state index in [0.29, 0.717) is 11.0 Å². The lowest BCUT2D eigenvalue weighted by atomic mass is 9.94. The lowest BCUT2D eigenvalue weighted by Gasteiger charge is -2.30. The highest BCUT2D eigenvalue weighted by molar-refractivity contribution is 6.30. The van der Waals surface area contributed by atoms with Crippen molar-refractivity contribution in [2.45, 2.75) is 25.8 Å². The monoisotopic (exact) mass is 335 g/mol. The Labute approximate surface area is 139 Å². The number of likely N-dealkylation sites (N-methyl/N-ethyl adjacent to an activating group) is 1. The summed E-state index contributed by atoms with van der Waals surface area (Å²) in [5.74, 6) is 0.386. The molecule has 0 radical (unpaired) electrons. The normalized spacial score (nSPS) is 13.4. The maximum absolute atomic E-state index is 10.8. The molecule has 0 aliphatic rings. The van der Waals surface area contributed by atoms with Gasteiger partial charge >= 0.3 is 5.69 Å². The minimum atomic E-state index is -0.598. The number of halogens is 1. The van der Waals surface area contributed by atoms with Crippen molar-refractivity contribution in [3.8, 4) is 0 Å².